The van der Waals surface area contributed by atoms with Crippen LogP contribution in [-0.4, -0.2) is 26.4 Å². The van der Waals surface area contributed by atoms with Crippen molar-refractivity contribution in [3.63, 3.8) is 0 Å². The van der Waals surface area contributed by atoms with E-state index in [1.807, 2.05) is 0 Å². The van der Waals surface area contributed by atoms with Crippen molar-refractivity contribution in [1.82, 2.24) is 4.98 Å². The lowest BCUT2D eigenvalue weighted by Crippen LogP contribution is -1.99. The molecule has 0 aliphatic rings. The summed E-state index contributed by atoms with van der Waals surface area (Å²) in [5.74, 6) is 0.672. The van der Waals surface area contributed by atoms with E-state index in [1.54, 1.807) is 18.3 Å². The fourth-order valence-electron chi connectivity index (χ4n) is 1.06. The number of hydrogen-bond acceptors (Lipinski definition) is 4. The van der Waals surface area contributed by atoms with E-state index in [0.29, 0.717) is 11.4 Å². The van der Waals surface area contributed by atoms with Crippen LogP contribution in [0.3, 0.4) is 0 Å². The molecule has 0 aliphatic heterocycles. The van der Waals surface area contributed by atoms with E-state index in [9.17, 15) is 4.21 Å². The van der Waals surface area contributed by atoms with Crippen molar-refractivity contribution in [2.45, 2.75) is 24.7 Å². The fourth-order valence-corrected chi connectivity index (χ4v) is 2.23. The quantitative estimate of drug-likeness (QED) is 0.473. The molecule has 1 atom stereocenters. The predicted molar refractivity (Wildman–Crippen MR) is 59.8 cm³/mol. The van der Waals surface area contributed by atoms with Gasteiger partial charge < -0.3 is 5.21 Å². The van der Waals surface area contributed by atoms with Crippen LogP contribution in [0.5, 0.6) is 0 Å². The van der Waals surface area contributed by atoms with Gasteiger partial charge in [0.1, 0.15) is 0 Å². The molecule has 0 fully saturated rings. The highest BCUT2D eigenvalue weighted by Gasteiger charge is 2.03. The first-order valence-corrected chi connectivity index (χ1v) is 6.11. The first-order valence-electron chi connectivity index (χ1n) is 4.79. The summed E-state index contributed by atoms with van der Waals surface area (Å²) in [6.45, 7) is 2.07. The monoisotopic (exact) mass is 226 g/mol. The molecule has 4 nitrogen and oxygen atoms in total. The van der Waals surface area contributed by atoms with E-state index in [-0.39, 0.29) is 0 Å². The summed E-state index contributed by atoms with van der Waals surface area (Å²) < 4.78 is 11.7. The Balaban J connectivity index is 2.66. The third-order valence-electron chi connectivity index (χ3n) is 1.90. The molecule has 1 N–H and O–H groups in total. The molecule has 0 spiro atoms. The number of nitrogens with zero attached hydrogens (tertiary/aromatic N) is 2. The van der Waals surface area contributed by atoms with Crippen molar-refractivity contribution >= 4 is 17.0 Å². The van der Waals surface area contributed by atoms with Crippen LogP contribution in [0.25, 0.3) is 0 Å². The molecule has 1 rings (SSSR count). The second-order valence-electron chi connectivity index (χ2n) is 3.07. The van der Waals surface area contributed by atoms with Crippen molar-refractivity contribution in [3.05, 3.63) is 24.0 Å². The van der Waals surface area contributed by atoms with Crippen LogP contribution >= 0.6 is 0 Å². The molecule has 5 heteroatoms. The molecule has 0 saturated carbocycles. The van der Waals surface area contributed by atoms with Gasteiger partial charge in [-0.2, -0.15) is 0 Å². The van der Waals surface area contributed by atoms with Gasteiger partial charge in [0.25, 0.3) is 0 Å². The zero-order chi connectivity index (χ0) is 11.1. The highest BCUT2D eigenvalue weighted by molar-refractivity contribution is 7.85. The largest absolute Gasteiger partial charge is 0.411 e. The highest BCUT2D eigenvalue weighted by atomic mass is 32.2. The minimum absolute atomic E-state index is 0.550. The van der Waals surface area contributed by atoms with Gasteiger partial charge in [-0.15, -0.1) is 0 Å². The molecule has 0 aromatic carbocycles. The summed E-state index contributed by atoms with van der Waals surface area (Å²) in [6.07, 6.45) is 4.78. The molecule has 0 saturated heterocycles. The van der Waals surface area contributed by atoms with Gasteiger partial charge in [0.2, 0.25) is 0 Å². The third kappa shape index (κ3) is 3.79. The Morgan fingerprint density at radius 3 is 2.93 bits per heavy atom. The van der Waals surface area contributed by atoms with Crippen LogP contribution in [0.2, 0.25) is 0 Å². The Hall–Kier alpha value is -1.23. The molecule has 1 aromatic heterocycles. The van der Waals surface area contributed by atoms with Crippen LogP contribution in [0.1, 0.15) is 25.5 Å². The average Bonchev–Trinajstić information content (AvgIpc) is 2.27. The van der Waals surface area contributed by atoms with Gasteiger partial charge >= 0.3 is 0 Å². The summed E-state index contributed by atoms with van der Waals surface area (Å²) in [5, 5.41) is 11.2. The van der Waals surface area contributed by atoms with Crippen molar-refractivity contribution in [3.8, 4) is 0 Å². The number of pyridine rings is 1. The molecular weight excluding hydrogens is 212 g/mol. The molecule has 82 valence electrons. The highest BCUT2D eigenvalue weighted by Crippen LogP contribution is 2.07. The zero-order valence-corrected chi connectivity index (χ0v) is 9.41. The van der Waals surface area contributed by atoms with Crippen LogP contribution in [0.15, 0.2) is 28.4 Å². The third-order valence-corrected chi connectivity index (χ3v) is 3.32. The molecule has 0 radical (unpaired) electrons. The Morgan fingerprint density at radius 2 is 2.40 bits per heavy atom. The molecule has 15 heavy (non-hydrogen) atoms. The maximum Gasteiger partial charge on any atom is 0.0918 e. The maximum absolute atomic E-state index is 11.7. The van der Waals surface area contributed by atoms with Crippen molar-refractivity contribution in [2.24, 2.45) is 5.16 Å². The van der Waals surface area contributed by atoms with E-state index in [0.717, 1.165) is 17.7 Å². The Morgan fingerprint density at radius 1 is 1.60 bits per heavy atom. The van der Waals surface area contributed by atoms with E-state index in [4.69, 9.17) is 5.21 Å². The second kappa shape index (κ2) is 6.29. The molecule has 0 bridgehead atoms. The van der Waals surface area contributed by atoms with Crippen LogP contribution < -0.4 is 0 Å². The average molecular weight is 226 g/mol. The number of aromatic nitrogens is 1. The van der Waals surface area contributed by atoms with Crippen LogP contribution in [-0.2, 0) is 10.8 Å². The Labute approximate surface area is 91.5 Å². The number of unbranched alkanes of at least 4 members (excludes halogenated alkanes) is 1. The second-order valence-corrected chi connectivity index (χ2v) is 4.64. The lowest BCUT2D eigenvalue weighted by molar-refractivity contribution is 0.321. The molecule has 0 aliphatic carbocycles. The molecule has 0 amide bonds. The summed E-state index contributed by atoms with van der Waals surface area (Å²) in [4.78, 5) is 4.72. The van der Waals surface area contributed by atoms with Crippen molar-refractivity contribution in [2.75, 3.05) is 5.75 Å². The lowest BCUT2D eigenvalue weighted by atomic mass is 10.4. The maximum atomic E-state index is 11.7. The standard InChI is InChI=1S/C10H14N2O2S/c1-2-3-6-15(14)10-5-4-9(7-12-13)11-8-10/h4-5,7-8,13H,2-3,6H2,1H3. The summed E-state index contributed by atoms with van der Waals surface area (Å²) in [7, 11) is -0.965. The minimum atomic E-state index is -0.965. The topological polar surface area (TPSA) is 62.5 Å². The van der Waals surface area contributed by atoms with E-state index >= 15 is 0 Å². The first kappa shape index (κ1) is 11.8. The summed E-state index contributed by atoms with van der Waals surface area (Å²) in [5.41, 5.74) is 0.550. The smallest absolute Gasteiger partial charge is 0.0918 e. The zero-order valence-electron chi connectivity index (χ0n) is 8.59. The van der Waals surface area contributed by atoms with Gasteiger partial charge in [0.05, 0.1) is 27.6 Å². The lowest BCUT2D eigenvalue weighted by Gasteiger charge is -2.00. The molecular formula is C10H14N2O2S. The van der Waals surface area contributed by atoms with Gasteiger partial charge in [-0.3, -0.25) is 9.19 Å². The summed E-state index contributed by atoms with van der Waals surface area (Å²) >= 11 is 0. The van der Waals surface area contributed by atoms with Gasteiger partial charge in [-0.05, 0) is 18.6 Å². The fraction of sp³-hybridized carbons (Fsp3) is 0.400. The number of hydrogen-bond donors (Lipinski definition) is 1. The van der Waals surface area contributed by atoms with E-state index in [1.165, 1.54) is 6.21 Å². The van der Waals surface area contributed by atoms with Gasteiger partial charge in [-0.25, -0.2) is 0 Å². The Bertz CT molecular complexity index is 349. The van der Waals surface area contributed by atoms with Crippen LogP contribution in [0, 0.1) is 0 Å². The first-order chi connectivity index (χ1) is 7.27. The predicted octanol–water partition coefficient (Wildman–Crippen LogP) is 1.80. The van der Waals surface area contributed by atoms with E-state index < -0.39 is 10.8 Å². The van der Waals surface area contributed by atoms with Crippen molar-refractivity contribution in [1.29, 1.82) is 0 Å². The normalized spacial score (nSPS) is 13.1. The SMILES string of the molecule is CCCCS(=O)c1ccc(C=NO)nc1. The minimum Gasteiger partial charge on any atom is -0.411 e. The van der Waals surface area contributed by atoms with Gasteiger partial charge in [0.15, 0.2) is 0 Å². The number of rotatable bonds is 5. The van der Waals surface area contributed by atoms with Crippen molar-refractivity contribution < 1.29 is 9.42 Å². The Kier molecular flexibility index (Phi) is 4.97. The van der Waals surface area contributed by atoms with Gasteiger partial charge in [0, 0.05) is 11.9 Å². The number of oxime groups is 1. The molecule has 1 aromatic rings. The molecule has 1 unspecified atom stereocenters. The summed E-state index contributed by atoms with van der Waals surface area (Å²) in [6, 6.07) is 3.43. The van der Waals surface area contributed by atoms with Gasteiger partial charge in [-0.1, -0.05) is 18.5 Å². The molecule has 1 heterocycles. The van der Waals surface area contributed by atoms with E-state index in [2.05, 4.69) is 17.1 Å². The van der Waals surface area contributed by atoms with Crippen LogP contribution in [0.4, 0.5) is 0 Å².